The van der Waals surface area contributed by atoms with Gasteiger partial charge in [-0.1, -0.05) is 63.1 Å². The monoisotopic (exact) mass is 246 g/mol. The third-order valence-corrected chi connectivity index (χ3v) is 2.85. The molecule has 0 saturated heterocycles. The molecule has 1 rings (SSSR count). The summed E-state index contributed by atoms with van der Waals surface area (Å²) in [6, 6.07) is 10.3. The van der Waals surface area contributed by atoms with Gasteiger partial charge in [0.25, 0.3) is 5.91 Å². The van der Waals surface area contributed by atoms with Gasteiger partial charge in [0.2, 0.25) is 0 Å². The highest BCUT2D eigenvalue weighted by molar-refractivity contribution is 5.86. The molecule has 1 unspecified atom stereocenters. The van der Waals surface area contributed by atoms with E-state index in [0.717, 1.165) is 12.8 Å². The molecule has 0 heterocycles. The number of unbranched alkanes of at least 4 members (excludes halogenated alkanes) is 2. The van der Waals surface area contributed by atoms with E-state index >= 15 is 0 Å². The molecule has 0 saturated carbocycles. The fourth-order valence-corrected chi connectivity index (χ4v) is 1.82. The van der Waals surface area contributed by atoms with Crippen LogP contribution in [0.1, 0.15) is 44.2 Å². The topological polar surface area (TPSA) is 41.1 Å². The van der Waals surface area contributed by atoms with E-state index in [1.165, 1.54) is 24.5 Å². The molecule has 0 spiro atoms. The summed E-state index contributed by atoms with van der Waals surface area (Å²) in [6.07, 6.45) is 5.82. The van der Waals surface area contributed by atoms with Crippen molar-refractivity contribution in [3.63, 3.8) is 0 Å². The first-order chi connectivity index (χ1) is 8.77. The van der Waals surface area contributed by atoms with Crippen molar-refractivity contribution in [2.75, 3.05) is 0 Å². The van der Waals surface area contributed by atoms with Crippen LogP contribution in [0.2, 0.25) is 0 Å². The van der Waals surface area contributed by atoms with Crippen LogP contribution in [0, 0.1) is 0 Å². The molecule has 0 radical (unpaired) electrons. The Morgan fingerprint density at radius 1 is 1.33 bits per heavy atom. The minimum Gasteiger partial charge on any atom is -0.287 e. The molecule has 0 aliphatic heterocycles. The fraction of sp³-hybridized carbons (Fsp3) is 0.400. The Balaban J connectivity index is 2.57. The number of carbonyl (C=O) groups excluding carboxylic acids is 1. The van der Waals surface area contributed by atoms with Gasteiger partial charge >= 0.3 is 0 Å². The van der Waals surface area contributed by atoms with Crippen LogP contribution in [0.25, 0.3) is 0 Å². The number of benzene rings is 1. The quantitative estimate of drug-likeness (QED) is 0.420. The van der Waals surface area contributed by atoms with Crippen LogP contribution in [0.3, 0.4) is 0 Å². The van der Waals surface area contributed by atoms with Crippen molar-refractivity contribution in [1.29, 1.82) is 0 Å². The minimum atomic E-state index is -0.202. The summed E-state index contributed by atoms with van der Waals surface area (Å²) in [6.45, 7) is 5.62. The summed E-state index contributed by atoms with van der Waals surface area (Å²) in [7, 11) is 0. The second-order valence-corrected chi connectivity index (χ2v) is 4.30. The summed E-state index contributed by atoms with van der Waals surface area (Å²) in [5, 5.41) is 0. The van der Waals surface area contributed by atoms with Crippen LogP contribution in [-0.2, 0) is 4.79 Å². The van der Waals surface area contributed by atoms with E-state index in [9.17, 15) is 4.79 Å². The van der Waals surface area contributed by atoms with Crippen LogP contribution < -0.4 is 10.9 Å². The summed E-state index contributed by atoms with van der Waals surface area (Å²) >= 11 is 0. The second-order valence-electron chi connectivity index (χ2n) is 4.30. The summed E-state index contributed by atoms with van der Waals surface area (Å²) in [5.41, 5.74) is 6.92. The van der Waals surface area contributed by atoms with Crippen LogP contribution in [0.5, 0.6) is 0 Å². The number of hydrogen-bond donors (Lipinski definition) is 2. The maximum absolute atomic E-state index is 11.2. The summed E-state index contributed by atoms with van der Waals surface area (Å²) in [4.78, 5) is 11.2. The molecular weight excluding hydrogens is 224 g/mol. The first-order valence-electron chi connectivity index (χ1n) is 6.50. The lowest BCUT2D eigenvalue weighted by atomic mass is 10.0. The molecule has 0 aliphatic rings. The smallest absolute Gasteiger partial charge is 0.257 e. The first kappa shape index (κ1) is 14.5. The molecule has 0 bridgehead atoms. The number of rotatable bonds is 8. The highest BCUT2D eigenvalue weighted by atomic mass is 16.2. The number of carbonyl (C=O) groups is 1. The maximum atomic E-state index is 11.2. The Hall–Kier alpha value is -1.61. The van der Waals surface area contributed by atoms with E-state index in [1.54, 1.807) is 0 Å². The van der Waals surface area contributed by atoms with Crippen LogP contribution in [0.4, 0.5) is 0 Å². The Labute approximate surface area is 109 Å². The average molecular weight is 246 g/mol. The molecule has 1 atom stereocenters. The third kappa shape index (κ3) is 5.15. The van der Waals surface area contributed by atoms with Crippen molar-refractivity contribution >= 4 is 5.91 Å². The molecule has 1 aromatic rings. The lowest BCUT2D eigenvalue weighted by Gasteiger charge is -2.19. The lowest BCUT2D eigenvalue weighted by Crippen LogP contribution is -2.39. The van der Waals surface area contributed by atoms with Gasteiger partial charge in [0.05, 0.1) is 6.04 Å². The van der Waals surface area contributed by atoms with E-state index in [-0.39, 0.29) is 11.9 Å². The number of nitrogens with one attached hydrogen (secondary N) is 2. The van der Waals surface area contributed by atoms with Crippen molar-refractivity contribution in [2.24, 2.45) is 0 Å². The van der Waals surface area contributed by atoms with Crippen molar-refractivity contribution in [1.82, 2.24) is 10.9 Å². The van der Waals surface area contributed by atoms with Gasteiger partial charge in [0.15, 0.2) is 0 Å². The Morgan fingerprint density at radius 3 is 2.67 bits per heavy atom. The minimum absolute atomic E-state index is 0.154. The molecule has 98 valence electrons. The van der Waals surface area contributed by atoms with Gasteiger partial charge in [-0.05, 0) is 18.1 Å². The van der Waals surface area contributed by atoms with E-state index < -0.39 is 0 Å². The zero-order valence-corrected chi connectivity index (χ0v) is 11.0. The van der Waals surface area contributed by atoms with Crippen molar-refractivity contribution in [3.05, 3.63) is 48.6 Å². The number of hydrogen-bond acceptors (Lipinski definition) is 2. The van der Waals surface area contributed by atoms with Gasteiger partial charge in [-0.2, -0.15) is 0 Å². The van der Waals surface area contributed by atoms with Gasteiger partial charge in [0, 0.05) is 0 Å². The van der Waals surface area contributed by atoms with Gasteiger partial charge in [-0.15, -0.1) is 0 Å². The van der Waals surface area contributed by atoms with Gasteiger partial charge < -0.3 is 0 Å². The Bertz CT molecular complexity index is 362. The SMILES string of the molecule is C=CC(=O)NNC(CCCCC)c1ccccc1. The average Bonchev–Trinajstić information content (AvgIpc) is 2.43. The van der Waals surface area contributed by atoms with E-state index in [1.807, 2.05) is 18.2 Å². The molecule has 3 heteroatoms. The second kappa shape index (κ2) is 8.48. The zero-order valence-electron chi connectivity index (χ0n) is 11.0. The molecule has 0 aliphatic carbocycles. The molecule has 2 N–H and O–H groups in total. The number of amides is 1. The summed E-state index contributed by atoms with van der Waals surface area (Å²) < 4.78 is 0. The molecule has 1 amide bonds. The standard InChI is InChI=1S/C15H22N2O/c1-3-5-7-12-14(16-17-15(18)4-2)13-10-8-6-9-11-13/h4,6,8-11,14,16H,2-3,5,7,12H2,1H3,(H,17,18). The van der Waals surface area contributed by atoms with E-state index in [2.05, 4.69) is 36.5 Å². The molecule has 0 aromatic heterocycles. The van der Waals surface area contributed by atoms with Gasteiger partial charge in [-0.25, -0.2) is 5.43 Å². The Morgan fingerprint density at radius 2 is 2.06 bits per heavy atom. The molecule has 0 fully saturated rings. The van der Waals surface area contributed by atoms with E-state index in [0.29, 0.717) is 0 Å². The lowest BCUT2D eigenvalue weighted by molar-refractivity contribution is -0.117. The largest absolute Gasteiger partial charge is 0.287 e. The number of hydrazine groups is 1. The van der Waals surface area contributed by atoms with Crippen LogP contribution in [-0.4, -0.2) is 5.91 Å². The fourth-order valence-electron chi connectivity index (χ4n) is 1.82. The molecular formula is C15H22N2O. The predicted molar refractivity (Wildman–Crippen MR) is 74.8 cm³/mol. The normalized spacial score (nSPS) is 11.8. The Kier molecular flexibility index (Phi) is 6.81. The highest BCUT2D eigenvalue weighted by Gasteiger charge is 2.10. The third-order valence-electron chi connectivity index (χ3n) is 2.85. The van der Waals surface area contributed by atoms with Crippen LogP contribution in [0.15, 0.2) is 43.0 Å². The van der Waals surface area contributed by atoms with E-state index in [4.69, 9.17) is 0 Å². The van der Waals surface area contributed by atoms with Gasteiger partial charge in [0.1, 0.15) is 0 Å². The predicted octanol–water partition coefficient (Wildman–Crippen LogP) is 3.11. The van der Waals surface area contributed by atoms with Crippen LogP contribution >= 0.6 is 0 Å². The molecule has 1 aromatic carbocycles. The zero-order chi connectivity index (χ0) is 13.2. The molecule has 18 heavy (non-hydrogen) atoms. The van der Waals surface area contributed by atoms with Crippen molar-refractivity contribution < 1.29 is 4.79 Å². The molecule has 3 nitrogen and oxygen atoms in total. The maximum Gasteiger partial charge on any atom is 0.257 e. The highest BCUT2D eigenvalue weighted by Crippen LogP contribution is 2.18. The first-order valence-corrected chi connectivity index (χ1v) is 6.50. The summed E-state index contributed by atoms with van der Waals surface area (Å²) in [5.74, 6) is -0.202. The van der Waals surface area contributed by atoms with Crippen molar-refractivity contribution in [3.8, 4) is 0 Å². The van der Waals surface area contributed by atoms with Gasteiger partial charge in [-0.3, -0.25) is 10.2 Å². The van der Waals surface area contributed by atoms with Crippen molar-refractivity contribution in [2.45, 2.75) is 38.6 Å².